The molecule has 1 aromatic carbocycles. The van der Waals surface area contributed by atoms with Gasteiger partial charge in [0.05, 0.1) is 10.7 Å². The van der Waals surface area contributed by atoms with Crippen LogP contribution in [-0.2, 0) is 4.79 Å². The lowest BCUT2D eigenvalue weighted by Crippen LogP contribution is -2.36. The summed E-state index contributed by atoms with van der Waals surface area (Å²) in [4.78, 5) is 17.1. The van der Waals surface area contributed by atoms with Gasteiger partial charge in [0.1, 0.15) is 5.52 Å². The van der Waals surface area contributed by atoms with E-state index in [4.69, 9.17) is 17.3 Å². The molecular formula is C17H19ClFN3O. The summed E-state index contributed by atoms with van der Waals surface area (Å²) in [5.74, 6) is -0.253. The molecule has 23 heavy (non-hydrogen) atoms. The maximum absolute atomic E-state index is 14.8. The van der Waals surface area contributed by atoms with Crippen LogP contribution >= 0.6 is 11.6 Å². The quantitative estimate of drug-likeness (QED) is 0.930. The van der Waals surface area contributed by atoms with Crippen molar-refractivity contribution in [3.63, 3.8) is 0 Å². The summed E-state index contributed by atoms with van der Waals surface area (Å²) in [6.45, 7) is 1.53. The maximum Gasteiger partial charge on any atom is 0.217 e. The standard InChI is InChI=1S/C17H19ClFN3O/c18-13-7-8-21-17-12(13)4-5-14(16(17)19)22-9-1-2-11(10-22)3-6-15(20)23/h4-5,7-8,11H,1-3,6,9-10H2,(H2,20,23)/t11-/m0/s1. The van der Waals surface area contributed by atoms with Crippen LogP contribution in [0.5, 0.6) is 0 Å². The number of fused-ring (bicyclic) bond motifs is 1. The van der Waals surface area contributed by atoms with Gasteiger partial charge in [-0.05, 0) is 43.4 Å². The SMILES string of the molecule is NC(=O)CC[C@@H]1CCCN(c2ccc3c(Cl)ccnc3c2F)C1. The number of hydrogen-bond acceptors (Lipinski definition) is 3. The first-order valence-electron chi connectivity index (χ1n) is 7.82. The molecule has 1 atom stereocenters. The van der Waals surface area contributed by atoms with Gasteiger partial charge in [-0.15, -0.1) is 0 Å². The number of piperidine rings is 1. The van der Waals surface area contributed by atoms with E-state index in [2.05, 4.69) is 4.98 Å². The molecule has 6 heteroatoms. The number of nitrogens with zero attached hydrogens (tertiary/aromatic N) is 2. The average molecular weight is 336 g/mol. The van der Waals surface area contributed by atoms with E-state index in [-0.39, 0.29) is 11.7 Å². The summed E-state index contributed by atoms with van der Waals surface area (Å²) < 4.78 is 14.8. The molecule has 0 aliphatic carbocycles. The Morgan fingerprint density at radius 2 is 2.26 bits per heavy atom. The van der Waals surface area contributed by atoms with Gasteiger partial charge in [0.25, 0.3) is 0 Å². The topological polar surface area (TPSA) is 59.2 Å². The number of primary amides is 1. The van der Waals surface area contributed by atoms with Gasteiger partial charge >= 0.3 is 0 Å². The van der Waals surface area contributed by atoms with Crippen LogP contribution in [0.4, 0.5) is 10.1 Å². The molecule has 0 spiro atoms. The Morgan fingerprint density at radius 1 is 1.43 bits per heavy atom. The normalized spacial score (nSPS) is 18.3. The summed E-state index contributed by atoms with van der Waals surface area (Å²) >= 11 is 6.10. The van der Waals surface area contributed by atoms with E-state index in [1.54, 1.807) is 12.1 Å². The van der Waals surface area contributed by atoms with Crippen molar-refractivity contribution in [3.8, 4) is 0 Å². The number of halogens is 2. The molecule has 1 aliphatic rings. The first kappa shape index (κ1) is 16.0. The predicted molar refractivity (Wildman–Crippen MR) is 90.1 cm³/mol. The van der Waals surface area contributed by atoms with E-state index >= 15 is 0 Å². The van der Waals surface area contributed by atoms with Gasteiger partial charge < -0.3 is 10.6 Å². The molecule has 122 valence electrons. The minimum atomic E-state index is -0.333. The predicted octanol–water partition coefficient (Wildman–Crippen LogP) is 3.51. The lowest BCUT2D eigenvalue weighted by atomic mass is 9.93. The lowest BCUT2D eigenvalue weighted by molar-refractivity contribution is -0.118. The minimum absolute atomic E-state index is 0.280. The third kappa shape index (κ3) is 3.39. The molecule has 3 rings (SSSR count). The molecular weight excluding hydrogens is 317 g/mol. The molecule has 1 amide bonds. The Hall–Kier alpha value is -1.88. The van der Waals surface area contributed by atoms with E-state index in [1.807, 2.05) is 11.0 Å². The molecule has 2 aromatic rings. The van der Waals surface area contributed by atoms with Gasteiger partial charge in [-0.1, -0.05) is 11.6 Å². The first-order chi connectivity index (χ1) is 11.1. The van der Waals surface area contributed by atoms with Gasteiger partial charge in [-0.25, -0.2) is 4.39 Å². The highest BCUT2D eigenvalue weighted by molar-refractivity contribution is 6.35. The second-order valence-corrected chi connectivity index (χ2v) is 6.45. The molecule has 0 radical (unpaired) electrons. The molecule has 1 saturated heterocycles. The Labute approximate surface area is 139 Å². The van der Waals surface area contributed by atoms with Crippen molar-refractivity contribution in [2.45, 2.75) is 25.7 Å². The first-order valence-corrected chi connectivity index (χ1v) is 8.20. The van der Waals surface area contributed by atoms with Crippen molar-refractivity contribution < 1.29 is 9.18 Å². The zero-order chi connectivity index (χ0) is 16.4. The highest BCUT2D eigenvalue weighted by Gasteiger charge is 2.23. The van der Waals surface area contributed by atoms with Crippen LogP contribution in [0.3, 0.4) is 0 Å². The number of aromatic nitrogens is 1. The van der Waals surface area contributed by atoms with Crippen LogP contribution in [0.25, 0.3) is 10.9 Å². The summed E-state index contributed by atoms with van der Waals surface area (Å²) in [5.41, 5.74) is 6.07. The summed E-state index contributed by atoms with van der Waals surface area (Å²) in [6.07, 6.45) is 4.68. The number of carbonyl (C=O) groups excluding carboxylic acids is 1. The Kier molecular flexibility index (Phi) is 4.66. The van der Waals surface area contributed by atoms with Crippen molar-refractivity contribution in [2.75, 3.05) is 18.0 Å². The minimum Gasteiger partial charge on any atom is -0.370 e. The highest BCUT2D eigenvalue weighted by Crippen LogP contribution is 2.32. The smallest absolute Gasteiger partial charge is 0.217 e. The van der Waals surface area contributed by atoms with Crippen molar-refractivity contribution >= 4 is 34.1 Å². The van der Waals surface area contributed by atoms with Gasteiger partial charge in [0, 0.05) is 31.1 Å². The number of anilines is 1. The summed E-state index contributed by atoms with van der Waals surface area (Å²) in [7, 11) is 0. The fraction of sp³-hybridized carbons (Fsp3) is 0.412. The zero-order valence-electron chi connectivity index (χ0n) is 12.8. The fourth-order valence-electron chi connectivity index (χ4n) is 3.25. The summed E-state index contributed by atoms with van der Waals surface area (Å²) in [6, 6.07) is 5.24. The Bertz CT molecular complexity index is 737. The van der Waals surface area contributed by atoms with Gasteiger partial charge in [0.2, 0.25) is 5.91 Å². The number of hydrogen-bond donors (Lipinski definition) is 1. The van der Waals surface area contributed by atoms with Crippen molar-refractivity contribution in [3.05, 3.63) is 35.2 Å². The van der Waals surface area contributed by atoms with E-state index < -0.39 is 0 Å². The van der Waals surface area contributed by atoms with Crippen LogP contribution in [0, 0.1) is 11.7 Å². The Morgan fingerprint density at radius 3 is 3.04 bits per heavy atom. The van der Waals surface area contributed by atoms with E-state index in [0.717, 1.165) is 32.4 Å². The van der Waals surface area contributed by atoms with Crippen LogP contribution in [0.15, 0.2) is 24.4 Å². The fourth-order valence-corrected chi connectivity index (χ4v) is 3.46. The lowest BCUT2D eigenvalue weighted by Gasteiger charge is -2.34. The van der Waals surface area contributed by atoms with E-state index in [0.29, 0.717) is 34.0 Å². The molecule has 4 nitrogen and oxygen atoms in total. The molecule has 0 bridgehead atoms. The van der Waals surface area contributed by atoms with Gasteiger partial charge in [-0.2, -0.15) is 0 Å². The second-order valence-electron chi connectivity index (χ2n) is 6.05. The van der Waals surface area contributed by atoms with Crippen LogP contribution in [-0.4, -0.2) is 24.0 Å². The van der Waals surface area contributed by atoms with Crippen molar-refractivity contribution in [1.29, 1.82) is 0 Å². The molecule has 0 unspecified atom stereocenters. The Balaban J connectivity index is 1.85. The number of rotatable bonds is 4. The molecule has 1 aliphatic heterocycles. The van der Waals surface area contributed by atoms with Gasteiger partial charge in [-0.3, -0.25) is 9.78 Å². The molecule has 2 N–H and O–H groups in total. The van der Waals surface area contributed by atoms with E-state index in [9.17, 15) is 9.18 Å². The largest absolute Gasteiger partial charge is 0.370 e. The van der Waals surface area contributed by atoms with Crippen LogP contribution in [0.1, 0.15) is 25.7 Å². The summed E-state index contributed by atoms with van der Waals surface area (Å²) in [5, 5.41) is 1.12. The molecule has 0 saturated carbocycles. The maximum atomic E-state index is 14.8. The van der Waals surface area contributed by atoms with Crippen LogP contribution < -0.4 is 10.6 Å². The number of carbonyl (C=O) groups is 1. The van der Waals surface area contributed by atoms with Gasteiger partial charge in [0.15, 0.2) is 5.82 Å². The number of pyridine rings is 1. The molecule has 1 aromatic heterocycles. The van der Waals surface area contributed by atoms with Crippen molar-refractivity contribution in [1.82, 2.24) is 4.98 Å². The number of nitrogens with two attached hydrogens (primary N) is 1. The number of benzene rings is 1. The van der Waals surface area contributed by atoms with Crippen LogP contribution in [0.2, 0.25) is 5.02 Å². The monoisotopic (exact) mass is 335 g/mol. The molecule has 2 heterocycles. The second kappa shape index (κ2) is 6.71. The average Bonchev–Trinajstić information content (AvgIpc) is 2.54. The highest BCUT2D eigenvalue weighted by atomic mass is 35.5. The third-order valence-corrected chi connectivity index (χ3v) is 4.77. The third-order valence-electron chi connectivity index (χ3n) is 4.44. The van der Waals surface area contributed by atoms with E-state index in [1.165, 1.54) is 6.20 Å². The molecule has 1 fully saturated rings. The number of amides is 1. The van der Waals surface area contributed by atoms with Crippen molar-refractivity contribution in [2.24, 2.45) is 11.7 Å². The zero-order valence-corrected chi connectivity index (χ0v) is 13.5.